The molecule has 0 fully saturated rings. The topological polar surface area (TPSA) is 84.7 Å². The predicted molar refractivity (Wildman–Crippen MR) is 154 cm³/mol. The van der Waals surface area contributed by atoms with Crippen molar-refractivity contribution in [1.82, 2.24) is 14.5 Å². The number of amides is 1. The monoisotopic (exact) mass is 537 g/mol. The Kier molecular flexibility index (Phi) is 7.05. The van der Waals surface area contributed by atoms with E-state index < -0.39 is 5.97 Å². The molecule has 1 N–H and O–H groups in total. The van der Waals surface area contributed by atoms with Crippen LogP contribution in [0.2, 0.25) is 0 Å². The molecule has 40 heavy (non-hydrogen) atoms. The first-order valence-corrected chi connectivity index (χ1v) is 14.2. The van der Waals surface area contributed by atoms with Gasteiger partial charge in [0.15, 0.2) is 0 Å². The van der Waals surface area contributed by atoms with Gasteiger partial charge in [0.1, 0.15) is 0 Å². The first kappa shape index (κ1) is 26.1. The molecule has 0 saturated heterocycles. The van der Waals surface area contributed by atoms with Crippen LogP contribution < -0.4 is 4.74 Å². The molecule has 206 valence electrons. The number of aromatic nitrogens is 2. The van der Waals surface area contributed by atoms with Crippen molar-refractivity contribution in [2.45, 2.75) is 57.9 Å². The van der Waals surface area contributed by atoms with E-state index >= 15 is 0 Å². The third kappa shape index (κ3) is 5.08. The van der Waals surface area contributed by atoms with Crippen LogP contribution >= 0.6 is 0 Å². The maximum Gasteiger partial charge on any atom is 0.304 e. The maximum absolute atomic E-state index is 13.9. The van der Waals surface area contributed by atoms with Crippen LogP contribution in [0.1, 0.15) is 75.3 Å². The Bertz CT molecular complexity index is 1610. The maximum atomic E-state index is 13.9. The van der Waals surface area contributed by atoms with Crippen LogP contribution in [0, 0.1) is 6.92 Å². The summed E-state index contributed by atoms with van der Waals surface area (Å²) in [6, 6.07) is 14.6. The zero-order valence-corrected chi connectivity index (χ0v) is 23.2. The van der Waals surface area contributed by atoms with Gasteiger partial charge in [-0.05, 0) is 84.5 Å². The van der Waals surface area contributed by atoms with E-state index in [1.54, 1.807) is 6.20 Å². The van der Waals surface area contributed by atoms with Gasteiger partial charge in [0.25, 0.3) is 5.91 Å². The van der Waals surface area contributed by atoms with E-state index in [0.717, 1.165) is 70.8 Å². The lowest BCUT2D eigenvalue weighted by molar-refractivity contribution is -0.137. The van der Waals surface area contributed by atoms with E-state index in [2.05, 4.69) is 35.3 Å². The molecule has 7 rings (SSSR count). The Hall–Kier alpha value is -4.13. The molecule has 2 aromatic heterocycles. The van der Waals surface area contributed by atoms with Crippen LogP contribution in [0.3, 0.4) is 0 Å². The van der Waals surface area contributed by atoms with Gasteiger partial charge in [-0.2, -0.15) is 0 Å². The molecule has 0 radical (unpaired) electrons. The first-order chi connectivity index (χ1) is 19.4. The largest absolute Gasteiger partial charge is 0.481 e. The van der Waals surface area contributed by atoms with Crippen molar-refractivity contribution in [3.05, 3.63) is 93.8 Å². The summed E-state index contributed by atoms with van der Waals surface area (Å²) in [5.41, 5.74) is 8.09. The Morgan fingerprint density at radius 3 is 2.77 bits per heavy atom. The van der Waals surface area contributed by atoms with Crippen LogP contribution in [0.15, 0.2) is 54.9 Å². The van der Waals surface area contributed by atoms with Gasteiger partial charge in [0.05, 0.1) is 18.6 Å². The summed E-state index contributed by atoms with van der Waals surface area (Å²) in [6.45, 7) is 3.73. The van der Waals surface area contributed by atoms with Crippen LogP contribution in [0.5, 0.6) is 5.88 Å². The van der Waals surface area contributed by atoms with Gasteiger partial charge in [-0.1, -0.05) is 24.3 Å². The van der Waals surface area contributed by atoms with Gasteiger partial charge in [-0.3, -0.25) is 9.59 Å². The molecule has 1 atom stereocenters. The van der Waals surface area contributed by atoms with Crippen LogP contribution in [0.4, 0.5) is 0 Å². The second-order valence-corrected chi connectivity index (χ2v) is 11.2. The van der Waals surface area contributed by atoms with Crippen molar-refractivity contribution in [2.24, 2.45) is 7.05 Å². The number of carboxylic acid groups (broad SMARTS) is 1. The van der Waals surface area contributed by atoms with Crippen molar-refractivity contribution in [2.75, 3.05) is 13.2 Å². The molecule has 7 heteroatoms. The van der Waals surface area contributed by atoms with E-state index in [0.29, 0.717) is 25.6 Å². The molecule has 2 aromatic carbocycles. The number of aliphatic carboxylic acids is 1. The number of rotatable bonds is 2. The minimum atomic E-state index is -0.861. The Morgan fingerprint density at radius 1 is 1.07 bits per heavy atom. The molecule has 5 heterocycles. The molecule has 1 amide bonds. The number of carbonyl (C=O) groups excluding carboxylic acids is 1. The van der Waals surface area contributed by atoms with E-state index in [9.17, 15) is 14.7 Å². The van der Waals surface area contributed by atoms with Gasteiger partial charge in [0.2, 0.25) is 5.88 Å². The van der Waals surface area contributed by atoms with Crippen molar-refractivity contribution in [1.29, 1.82) is 0 Å². The fourth-order valence-corrected chi connectivity index (χ4v) is 6.25. The zero-order valence-electron chi connectivity index (χ0n) is 23.2. The van der Waals surface area contributed by atoms with Gasteiger partial charge in [0, 0.05) is 55.4 Å². The highest BCUT2D eigenvalue weighted by molar-refractivity contribution is 6.07. The summed E-state index contributed by atoms with van der Waals surface area (Å²) in [5, 5.41) is 10.8. The van der Waals surface area contributed by atoms with Gasteiger partial charge < -0.3 is 19.3 Å². The molecular formula is C33H35N3O4. The number of nitrogens with zero attached hydrogens (tertiary/aromatic N) is 3. The number of fused-ring (bicyclic) bond motifs is 7. The average Bonchev–Trinajstić information content (AvgIpc) is 3.28. The number of pyridine rings is 1. The summed E-state index contributed by atoms with van der Waals surface area (Å²) in [4.78, 5) is 32.3. The summed E-state index contributed by atoms with van der Waals surface area (Å²) >= 11 is 0. The molecule has 3 aliphatic rings. The van der Waals surface area contributed by atoms with Crippen molar-refractivity contribution in [3.63, 3.8) is 0 Å². The highest BCUT2D eigenvalue weighted by atomic mass is 16.5. The number of ether oxygens (including phenoxy) is 1. The van der Waals surface area contributed by atoms with E-state index in [-0.39, 0.29) is 18.2 Å². The summed E-state index contributed by atoms with van der Waals surface area (Å²) in [6.07, 6.45) is 8.40. The number of carboxylic acids is 1. The second kappa shape index (κ2) is 10.8. The lowest BCUT2D eigenvalue weighted by Gasteiger charge is -2.30. The second-order valence-electron chi connectivity index (χ2n) is 11.2. The Morgan fingerprint density at radius 2 is 1.95 bits per heavy atom. The van der Waals surface area contributed by atoms with Crippen molar-refractivity contribution >= 4 is 22.8 Å². The molecule has 3 aliphatic heterocycles. The van der Waals surface area contributed by atoms with Crippen LogP contribution in [-0.4, -0.2) is 44.6 Å². The smallest absolute Gasteiger partial charge is 0.304 e. The number of benzene rings is 2. The predicted octanol–water partition coefficient (Wildman–Crippen LogP) is 5.79. The lowest BCUT2D eigenvalue weighted by Crippen LogP contribution is -2.36. The van der Waals surface area contributed by atoms with Gasteiger partial charge in [-0.25, -0.2) is 4.98 Å². The highest BCUT2D eigenvalue weighted by Crippen LogP contribution is 2.34. The van der Waals surface area contributed by atoms with Gasteiger partial charge >= 0.3 is 5.97 Å². The molecular weight excluding hydrogens is 502 g/mol. The molecule has 7 bridgehead atoms. The average molecular weight is 538 g/mol. The Labute approximate surface area is 234 Å². The number of hydrogen-bond acceptors (Lipinski definition) is 4. The molecule has 1 unspecified atom stereocenters. The highest BCUT2D eigenvalue weighted by Gasteiger charge is 2.27. The number of hydrogen-bond donors (Lipinski definition) is 1. The van der Waals surface area contributed by atoms with E-state index in [4.69, 9.17) is 4.74 Å². The molecule has 0 aliphatic carbocycles. The lowest BCUT2D eigenvalue weighted by atomic mass is 9.84. The number of carbonyl (C=O) groups is 2. The van der Waals surface area contributed by atoms with E-state index in [1.165, 1.54) is 11.1 Å². The van der Waals surface area contributed by atoms with Crippen molar-refractivity contribution < 1.29 is 19.4 Å². The number of aryl methyl sites for hydroxylation is 3. The normalized spacial score (nSPS) is 17.7. The molecule has 0 saturated carbocycles. The Balaban J connectivity index is 1.41. The fourth-order valence-electron chi connectivity index (χ4n) is 6.25. The van der Waals surface area contributed by atoms with Gasteiger partial charge in [-0.15, -0.1) is 0 Å². The minimum Gasteiger partial charge on any atom is -0.481 e. The molecule has 7 nitrogen and oxygen atoms in total. The molecule has 4 aromatic rings. The standard InChI is InChI=1S/C33H35N3O4/c1-21-14-31-34-18-28(21)26(17-32(37)38)24-9-8-23-11-12-36(19-25(23)16-24)33(39)29-20-35(2)30-10-7-22(15-27(29)30)6-4-3-5-13-40-31/h7-10,14-16,18,20,26H,3-6,11-13,17,19H2,1-2H3,(H,37,38). The third-order valence-electron chi connectivity index (χ3n) is 8.46. The first-order valence-electron chi connectivity index (χ1n) is 14.2. The minimum absolute atomic E-state index is 0.0392. The van der Waals surface area contributed by atoms with Crippen molar-refractivity contribution in [3.8, 4) is 5.88 Å². The quantitative estimate of drug-likeness (QED) is 0.350. The third-order valence-corrected chi connectivity index (χ3v) is 8.46. The van der Waals surface area contributed by atoms with E-state index in [1.807, 2.05) is 41.8 Å². The summed E-state index contributed by atoms with van der Waals surface area (Å²) < 4.78 is 7.99. The SMILES string of the molecule is Cc1cc2ncc1C(CC(=O)O)c1ccc3c(c1)CN(CC3)C(=O)c1cn(C)c3ccc(cc13)CCCCCO2. The zero-order chi connectivity index (χ0) is 27.8. The molecule has 0 spiro atoms. The van der Waals surface area contributed by atoms with Crippen LogP contribution in [-0.2, 0) is 31.2 Å². The summed E-state index contributed by atoms with van der Waals surface area (Å²) in [7, 11) is 1.99. The fraction of sp³-hybridized carbons (Fsp3) is 0.364. The summed E-state index contributed by atoms with van der Waals surface area (Å²) in [5.74, 6) is -0.594. The van der Waals surface area contributed by atoms with Crippen LogP contribution in [0.25, 0.3) is 10.9 Å².